The van der Waals surface area contributed by atoms with Crippen LogP contribution in [0.1, 0.15) is 18.4 Å². The van der Waals surface area contributed by atoms with Crippen molar-refractivity contribution in [1.82, 2.24) is 4.31 Å². The predicted octanol–water partition coefficient (Wildman–Crippen LogP) is 4.35. The zero-order valence-corrected chi connectivity index (χ0v) is 18.4. The molecule has 156 valence electrons. The van der Waals surface area contributed by atoms with Crippen LogP contribution in [0.25, 0.3) is 0 Å². The first-order valence-corrected chi connectivity index (χ1v) is 11.3. The van der Waals surface area contributed by atoms with E-state index in [1.165, 1.54) is 29.6 Å². The van der Waals surface area contributed by atoms with Gasteiger partial charge in [0.2, 0.25) is 15.9 Å². The molecule has 1 amide bonds. The molecule has 1 N–H and O–H groups in total. The van der Waals surface area contributed by atoms with Crippen LogP contribution in [0.15, 0.2) is 41.3 Å². The van der Waals surface area contributed by atoms with Gasteiger partial charge in [-0.25, -0.2) is 8.42 Å². The quantitative estimate of drug-likeness (QED) is 0.725. The average Bonchev–Trinajstić information content (AvgIpc) is 2.71. The molecule has 3 rings (SSSR count). The highest BCUT2D eigenvalue weighted by molar-refractivity contribution is 7.89. The maximum absolute atomic E-state index is 13.0. The third-order valence-electron chi connectivity index (χ3n) is 5.04. The Hall–Kier alpha value is -1.80. The Morgan fingerprint density at radius 3 is 2.66 bits per heavy atom. The highest BCUT2D eigenvalue weighted by Gasteiger charge is 2.33. The Kier molecular flexibility index (Phi) is 6.73. The van der Waals surface area contributed by atoms with Crippen molar-refractivity contribution in [3.63, 3.8) is 0 Å². The van der Waals surface area contributed by atoms with Crippen LogP contribution in [0.2, 0.25) is 10.0 Å². The number of carbonyl (C=O) groups is 1. The van der Waals surface area contributed by atoms with Crippen LogP contribution < -0.4 is 10.1 Å². The molecule has 0 saturated carbocycles. The number of hydrogen-bond acceptors (Lipinski definition) is 4. The van der Waals surface area contributed by atoms with E-state index in [1.54, 1.807) is 18.2 Å². The van der Waals surface area contributed by atoms with E-state index in [1.807, 2.05) is 6.92 Å². The normalized spacial score (nSPS) is 17.7. The highest BCUT2D eigenvalue weighted by Crippen LogP contribution is 2.31. The molecule has 1 unspecified atom stereocenters. The van der Waals surface area contributed by atoms with Crippen LogP contribution in [-0.4, -0.2) is 38.8 Å². The molecule has 0 aliphatic carbocycles. The van der Waals surface area contributed by atoms with Crippen molar-refractivity contribution in [3.05, 3.63) is 52.0 Å². The molecule has 1 fully saturated rings. The number of sulfonamides is 1. The Morgan fingerprint density at radius 2 is 1.97 bits per heavy atom. The number of ether oxygens (including phenoxy) is 1. The number of hydrogen-bond donors (Lipinski definition) is 1. The van der Waals surface area contributed by atoms with Gasteiger partial charge in [-0.05, 0) is 55.7 Å². The first-order valence-electron chi connectivity index (χ1n) is 9.13. The summed E-state index contributed by atoms with van der Waals surface area (Å²) in [6.07, 6.45) is 1.20. The maximum atomic E-state index is 13.0. The fraction of sp³-hybridized carbons (Fsp3) is 0.350. The van der Waals surface area contributed by atoms with Crippen LogP contribution in [0.5, 0.6) is 5.75 Å². The van der Waals surface area contributed by atoms with Crippen LogP contribution in [0, 0.1) is 12.8 Å². The second-order valence-corrected chi connectivity index (χ2v) is 9.65. The van der Waals surface area contributed by atoms with Gasteiger partial charge in [-0.3, -0.25) is 4.79 Å². The molecule has 2 aromatic rings. The molecule has 1 saturated heterocycles. The Labute approximate surface area is 180 Å². The minimum atomic E-state index is -3.77. The minimum absolute atomic E-state index is 0.0787. The molecule has 0 aromatic heterocycles. The molecule has 0 radical (unpaired) electrons. The summed E-state index contributed by atoms with van der Waals surface area (Å²) in [5, 5.41) is 3.66. The fourth-order valence-electron chi connectivity index (χ4n) is 3.31. The van der Waals surface area contributed by atoms with E-state index in [9.17, 15) is 13.2 Å². The molecule has 1 aliphatic heterocycles. The highest BCUT2D eigenvalue weighted by atomic mass is 35.5. The second-order valence-electron chi connectivity index (χ2n) is 6.90. The number of rotatable bonds is 5. The van der Waals surface area contributed by atoms with E-state index in [-0.39, 0.29) is 22.4 Å². The van der Waals surface area contributed by atoms with Gasteiger partial charge < -0.3 is 10.1 Å². The van der Waals surface area contributed by atoms with Gasteiger partial charge in [-0.15, -0.1) is 0 Å². The zero-order valence-electron chi connectivity index (χ0n) is 16.1. The molecular weight excluding hydrogens is 435 g/mol. The van der Waals surface area contributed by atoms with Crippen molar-refractivity contribution in [2.75, 3.05) is 25.5 Å². The van der Waals surface area contributed by atoms with Crippen molar-refractivity contribution in [2.45, 2.75) is 24.7 Å². The average molecular weight is 457 g/mol. The predicted molar refractivity (Wildman–Crippen MR) is 114 cm³/mol. The fourth-order valence-corrected chi connectivity index (χ4v) is 5.36. The summed E-state index contributed by atoms with van der Waals surface area (Å²) in [4.78, 5) is 12.8. The minimum Gasteiger partial charge on any atom is -0.495 e. The Morgan fingerprint density at radius 1 is 1.21 bits per heavy atom. The van der Waals surface area contributed by atoms with Crippen LogP contribution >= 0.6 is 23.2 Å². The Balaban J connectivity index is 1.76. The SMILES string of the molecule is COc1ccc(S(=O)(=O)N2CCCC(C(=O)Nc3cccc(Cl)c3C)C2)cc1Cl. The van der Waals surface area contributed by atoms with E-state index in [0.29, 0.717) is 35.8 Å². The lowest BCUT2D eigenvalue weighted by atomic mass is 9.98. The van der Waals surface area contributed by atoms with Gasteiger partial charge in [0.05, 0.1) is 22.9 Å². The van der Waals surface area contributed by atoms with Gasteiger partial charge in [0.1, 0.15) is 5.75 Å². The summed E-state index contributed by atoms with van der Waals surface area (Å²) in [6.45, 7) is 2.28. The first-order chi connectivity index (χ1) is 13.7. The van der Waals surface area contributed by atoms with Gasteiger partial charge in [-0.2, -0.15) is 4.31 Å². The molecular formula is C20H22Cl2N2O4S. The topological polar surface area (TPSA) is 75.7 Å². The van der Waals surface area contributed by atoms with E-state index in [0.717, 1.165) is 5.56 Å². The largest absolute Gasteiger partial charge is 0.495 e. The summed E-state index contributed by atoms with van der Waals surface area (Å²) < 4.78 is 32.5. The van der Waals surface area contributed by atoms with Gasteiger partial charge >= 0.3 is 0 Å². The molecule has 2 aromatic carbocycles. The molecule has 29 heavy (non-hydrogen) atoms. The lowest BCUT2D eigenvalue weighted by Gasteiger charge is -2.31. The number of methoxy groups -OCH3 is 1. The number of nitrogens with zero attached hydrogens (tertiary/aromatic N) is 1. The van der Waals surface area contributed by atoms with Crippen molar-refractivity contribution < 1.29 is 17.9 Å². The number of benzene rings is 2. The van der Waals surface area contributed by atoms with Crippen molar-refractivity contribution in [2.24, 2.45) is 5.92 Å². The van der Waals surface area contributed by atoms with Gasteiger partial charge in [0, 0.05) is 23.8 Å². The number of piperidine rings is 1. The van der Waals surface area contributed by atoms with Gasteiger partial charge in [0.25, 0.3) is 0 Å². The van der Waals surface area contributed by atoms with E-state index < -0.39 is 15.9 Å². The van der Waals surface area contributed by atoms with E-state index in [2.05, 4.69) is 5.32 Å². The first kappa shape index (κ1) is 21.9. The second kappa shape index (κ2) is 8.92. The van der Waals surface area contributed by atoms with Crippen LogP contribution in [0.3, 0.4) is 0 Å². The number of halogens is 2. The van der Waals surface area contributed by atoms with Crippen molar-refractivity contribution >= 4 is 44.8 Å². The maximum Gasteiger partial charge on any atom is 0.243 e. The number of amides is 1. The van der Waals surface area contributed by atoms with Gasteiger partial charge in [0.15, 0.2) is 0 Å². The van der Waals surface area contributed by atoms with Crippen LogP contribution in [-0.2, 0) is 14.8 Å². The third kappa shape index (κ3) is 4.69. The van der Waals surface area contributed by atoms with E-state index in [4.69, 9.17) is 27.9 Å². The van der Waals surface area contributed by atoms with Crippen LogP contribution in [0.4, 0.5) is 5.69 Å². The summed E-state index contributed by atoms with van der Waals surface area (Å²) in [5.74, 6) is -0.271. The third-order valence-corrected chi connectivity index (χ3v) is 7.61. The standard InChI is InChI=1S/C20H22Cl2N2O4S/c1-13-16(21)6-3-7-18(13)23-20(25)14-5-4-10-24(12-14)29(26,27)15-8-9-19(28-2)17(22)11-15/h3,6-9,11,14H,4-5,10,12H2,1-2H3,(H,23,25). The van der Waals surface area contributed by atoms with Crippen molar-refractivity contribution in [3.8, 4) is 5.75 Å². The lowest BCUT2D eigenvalue weighted by molar-refractivity contribution is -0.120. The summed E-state index contributed by atoms with van der Waals surface area (Å²) in [6, 6.07) is 9.63. The molecule has 0 spiro atoms. The molecule has 9 heteroatoms. The molecule has 1 aliphatic rings. The number of nitrogens with one attached hydrogen (secondary N) is 1. The summed E-state index contributed by atoms with van der Waals surface area (Å²) in [7, 11) is -2.31. The molecule has 6 nitrogen and oxygen atoms in total. The zero-order chi connectivity index (χ0) is 21.2. The Bertz CT molecular complexity index is 1030. The summed E-state index contributed by atoms with van der Waals surface area (Å²) in [5.41, 5.74) is 1.40. The van der Waals surface area contributed by atoms with Crippen molar-refractivity contribution in [1.29, 1.82) is 0 Å². The lowest BCUT2D eigenvalue weighted by Crippen LogP contribution is -2.43. The number of carbonyl (C=O) groups excluding carboxylic acids is 1. The van der Waals surface area contributed by atoms with E-state index >= 15 is 0 Å². The molecule has 0 bridgehead atoms. The van der Waals surface area contributed by atoms with Gasteiger partial charge in [-0.1, -0.05) is 29.3 Å². The molecule has 1 atom stereocenters. The summed E-state index contributed by atoms with van der Waals surface area (Å²) >= 11 is 12.2. The smallest absolute Gasteiger partial charge is 0.243 e. The number of anilines is 1. The molecule has 1 heterocycles. The monoisotopic (exact) mass is 456 g/mol.